The van der Waals surface area contributed by atoms with Crippen molar-refractivity contribution in [2.75, 3.05) is 45.8 Å². The average Bonchev–Trinajstić information content (AvgIpc) is 3.30. The van der Waals surface area contributed by atoms with E-state index in [1.807, 2.05) is 0 Å². The maximum atomic E-state index is 3.57. The van der Waals surface area contributed by atoms with E-state index < -0.39 is 0 Å². The van der Waals surface area contributed by atoms with E-state index in [2.05, 4.69) is 15.1 Å². The molecule has 2 heterocycles. The van der Waals surface area contributed by atoms with Gasteiger partial charge in [-0.1, -0.05) is 6.42 Å². The smallest absolute Gasteiger partial charge is 0.0112 e. The molecule has 3 fully saturated rings. The SMILES string of the molecule is C1CCN(CCN(CC2CCCNC2)C2CC2)CC1. The monoisotopic (exact) mass is 265 g/mol. The summed E-state index contributed by atoms with van der Waals surface area (Å²) in [5, 5.41) is 3.57. The molecule has 0 bridgehead atoms. The van der Waals surface area contributed by atoms with Crippen molar-refractivity contribution < 1.29 is 0 Å². The van der Waals surface area contributed by atoms with Crippen molar-refractivity contribution in [1.82, 2.24) is 15.1 Å². The van der Waals surface area contributed by atoms with Gasteiger partial charge >= 0.3 is 0 Å². The summed E-state index contributed by atoms with van der Waals surface area (Å²) in [6.07, 6.45) is 10.1. The lowest BCUT2D eigenvalue weighted by atomic mass is 9.99. The Labute approximate surface area is 118 Å². The van der Waals surface area contributed by atoms with Crippen molar-refractivity contribution >= 4 is 0 Å². The zero-order valence-electron chi connectivity index (χ0n) is 12.4. The molecule has 19 heavy (non-hydrogen) atoms. The molecule has 3 rings (SSSR count). The molecule has 0 amide bonds. The predicted octanol–water partition coefficient (Wildman–Crippen LogP) is 1.94. The van der Waals surface area contributed by atoms with Crippen LogP contribution in [0.4, 0.5) is 0 Å². The molecule has 1 saturated carbocycles. The van der Waals surface area contributed by atoms with Gasteiger partial charge in [0.1, 0.15) is 0 Å². The minimum Gasteiger partial charge on any atom is -0.316 e. The zero-order valence-corrected chi connectivity index (χ0v) is 12.4. The van der Waals surface area contributed by atoms with Crippen LogP contribution in [0.5, 0.6) is 0 Å². The van der Waals surface area contributed by atoms with Crippen LogP contribution in [0.25, 0.3) is 0 Å². The summed E-state index contributed by atoms with van der Waals surface area (Å²) in [5.41, 5.74) is 0. The van der Waals surface area contributed by atoms with Crippen LogP contribution in [0.1, 0.15) is 44.9 Å². The molecular formula is C16H31N3. The van der Waals surface area contributed by atoms with Crippen LogP contribution in [0, 0.1) is 5.92 Å². The van der Waals surface area contributed by atoms with E-state index >= 15 is 0 Å². The summed E-state index contributed by atoms with van der Waals surface area (Å²) in [7, 11) is 0. The molecule has 3 heteroatoms. The van der Waals surface area contributed by atoms with Crippen molar-refractivity contribution in [3.05, 3.63) is 0 Å². The lowest BCUT2D eigenvalue weighted by molar-refractivity contribution is 0.154. The quantitative estimate of drug-likeness (QED) is 0.792. The number of rotatable bonds is 6. The van der Waals surface area contributed by atoms with Gasteiger partial charge < -0.3 is 10.2 Å². The van der Waals surface area contributed by atoms with Crippen LogP contribution in [0.3, 0.4) is 0 Å². The van der Waals surface area contributed by atoms with Gasteiger partial charge in [0.2, 0.25) is 0 Å². The first-order valence-corrected chi connectivity index (χ1v) is 8.59. The molecule has 0 spiro atoms. The topological polar surface area (TPSA) is 18.5 Å². The van der Waals surface area contributed by atoms with Crippen molar-refractivity contribution in [1.29, 1.82) is 0 Å². The summed E-state index contributed by atoms with van der Waals surface area (Å²) < 4.78 is 0. The Kier molecular flexibility index (Phi) is 5.14. The highest BCUT2D eigenvalue weighted by molar-refractivity contribution is 4.87. The Morgan fingerprint density at radius 1 is 1.00 bits per heavy atom. The largest absolute Gasteiger partial charge is 0.316 e. The van der Waals surface area contributed by atoms with E-state index in [0.29, 0.717) is 0 Å². The van der Waals surface area contributed by atoms with Crippen LogP contribution in [0.15, 0.2) is 0 Å². The zero-order chi connectivity index (χ0) is 12.9. The minimum absolute atomic E-state index is 0.913. The molecule has 3 nitrogen and oxygen atoms in total. The first-order valence-electron chi connectivity index (χ1n) is 8.59. The molecule has 0 radical (unpaired) electrons. The van der Waals surface area contributed by atoms with Crippen LogP contribution in [-0.2, 0) is 0 Å². The van der Waals surface area contributed by atoms with Gasteiger partial charge in [-0.05, 0) is 70.6 Å². The van der Waals surface area contributed by atoms with Crippen molar-refractivity contribution in [2.45, 2.75) is 51.0 Å². The third kappa shape index (κ3) is 4.44. The van der Waals surface area contributed by atoms with Crippen molar-refractivity contribution in [3.8, 4) is 0 Å². The third-order valence-electron chi connectivity index (χ3n) is 5.11. The summed E-state index contributed by atoms with van der Waals surface area (Å²) in [5.74, 6) is 0.913. The highest BCUT2D eigenvalue weighted by Crippen LogP contribution is 2.28. The molecule has 1 atom stereocenters. The van der Waals surface area contributed by atoms with E-state index in [1.165, 1.54) is 90.8 Å². The Morgan fingerprint density at radius 3 is 2.53 bits per heavy atom. The van der Waals surface area contributed by atoms with Gasteiger partial charge in [-0.2, -0.15) is 0 Å². The molecule has 0 aromatic rings. The molecule has 110 valence electrons. The van der Waals surface area contributed by atoms with Gasteiger partial charge in [-0.3, -0.25) is 4.90 Å². The summed E-state index contributed by atoms with van der Waals surface area (Å²) >= 11 is 0. The highest BCUT2D eigenvalue weighted by atomic mass is 15.2. The predicted molar refractivity (Wildman–Crippen MR) is 80.5 cm³/mol. The van der Waals surface area contributed by atoms with Gasteiger partial charge in [0.15, 0.2) is 0 Å². The Bertz CT molecular complexity index is 253. The van der Waals surface area contributed by atoms with Crippen molar-refractivity contribution in [3.63, 3.8) is 0 Å². The van der Waals surface area contributed by atoms with Gasteiger partial charge in [-0.15, -0.1) is 0 Å². The maximum Gasteiger partial charge on any atom is 0.0112 e. The van der Waals surface area contributed by atoms with Gasteiger partial charge in [0.05, 0.1) is 0 Å². The first-order chi connectivity index (χ1) is 9.42. The second kappa shape index (κ2) is 7.05. The molecule has 0 aromatic heterocycles. The second-order valence-electron chi connectivity index (χ2n) is 6.84. The standard InChI is InChI=1S/C16H31N3/c1-2-9-18(10-3-1)11-12-19(16-6-7-16)14-15-5-4-8-17-13-15/h15-17H,1-14H2. The van der Waals surface area contributed by atoms with E-state index in [4.69, 9.17) is 0 Å². The third-order valence-corrected chi connectivity index (χ3v) is 5.11. The summed E-state index contributed by atoms with van der Waals surface area (Å²) in [6, 6.07) is 0.937. The van der Waals surface area contributed by atoms with Crippen LogP contribution >= 0.6 is 0 Å². The Hall–Kier alpha value is -0.120. The molecule has 1 N–H and O–H groups in total. The number of likely N-dealkylation sites (tertiary alicyclic amines) is 1. The number of hydrogen-bond donors (Lipinski definition) is 1. The van der Waals surface area contributed by atoms with Gasteiger partial charge in [0.25, 0.3) is 0 Å². The van der Waals surface area contributed by atoms with E-state index in [-0.39, 0.29) is 0 Å². The normalized spacial score (nSPS) is 29.8. The fraction of sp³-hybridized carbons (Fsp3) is 1.00. The average molecular weight is 265 g/mol. The van der Waals surface area contributed by atoms with E-state index in [0.717, 1.165) is 12.0 Å². The molecule has 3 aliphatic rings. The molecule has 0 aromatic carbocycles. The van der Waals surface area contributed by atoms with Crippen molar-refractivity contribution in [2.24, 2.45) is 5.92 Å². The summed E-state index contributed by atoms with van der Waals surface area (Å²) in [6.45, 7) is 9.19. The molecular weight excluding hydrogens is 234 g/mol. The van der Waals surface area contributed by atoms with Gasteiger partial charge in [0, 0.05) is 25.7 Å². The molecule has 2 saturated heterocycles. The highest BCUT2D eigenvalue weighted by Gasteiger charge is 2.30. The lowest BCUT2D eigenvalue weighted by Gasteiger charge is -2.33. The van der Waals surface area contributed by atoms with Crippen LogP contribution in [0.2, 0.25) is 0 Å². The van der Waals surface area contributed by atoms with E-state index in [1.54, 1.807) is 0 Å². The number of nitrogens with zero attached hydrogens (tertiary/aromatic N) is 2. The summed E-state index contributed by atoms with van der Waals surface area (Å²) in [4.78, 5) is 5.50. The second-order valence-corrected chi connectivity index (χ2v) is 6.84. The molecule has 1 unspecified atom stereocenters. The Morgan fingerprint density at radius 2 is 1.84 bits per heavy atom. The fourth-order valence-electron chi connectivity index (χ4n) is 3.73. The first kappa shape index (κ1) is 13.8. The fourth-order valence-corrected chi connectivity index (χ4v) is 3.73. The molecule has 2 aliphatic heterocycles. The van der Waals surface area contributed by atoms with Crippen LogP contribution < -0.4 is 5.32 Å². The Balaban J connectivity index is 1.41. The number of piperidine rings is 2. The van der Waals surface area contributed by atoms with Crippen LogP contribution in [-0.4, -0.2) is 61.7 Å². The minimum atomic E-state index is 0.913. The lowest BCUT2D eigenvalue weighted by Crippen LogP contribution is -2.43. The number of hydrogen-bond acceptors (Lipinski definition) is 3. The van der Waals surface area contributed by atoms with E-state index in [9.17, 15) is 0 Å². The maximum absolute atomic E-state index is 3.57. The molecule has 1 aliphatic carbocycles. The van der Waals surface area contributed by atoms with Gasteiger partial charge in [-0.25, -0.2) is 0 Å². The number of nitrogens with one attached hydrogen (secondary N) is 1.